The molecule has 1 atom stereocenters. The third-order valence-corrected chi connectivity index (χ3v) is 3.03. The fourth-order valence-corrected chi connectivity index (χ4v) is 1.63. The summed E-state index contributed by atoms with van der Waals surface area (Å²) >= 11 is 0. The van der Waals surface area contributed by atoms with Gasteiger partial charge in [-0.15, -0.1) is 24.0 Å². The molecule has 21 heavy (non-hydrogen) atoms. The van der Waals surface area contributed by atoms with Gasteiger partial charge in [0.1, 0.15) is 5.82 Å². The molecule has 1 rings (SSSR count). The molecule has 0 saturated heterocycles. The van der Waals surface area contributed by atoms with Crippen LogP contribution in [-0.4, -0.2) is 37.6 Å². The lowest BCUT2D eigenvalue weighted by Gasteiger charge is -2.16. The van der Waals surface area contributed by atoms with Gasteiger partial charge in [0.15, 0.2) is 5.96 Å². The fourth-order valence-electron chi connectivity index (χ4n) is 1.63. The summed E-state index contributed by atoms with van der Waals surface area (Å²) in [4.78, 5) is 10.9. The van der Waals surface area contributed by atoms with Crippen molar-refractivity contribution in [1.82, 2.24) is 15.6 Å². The smallest absolute Gasteiger partial charge is 0.191 e. The second kappa shape index (κ2) is 10.6. The number of nitrogens with zero attached hydrogens (tertiary/aromatic N) is 3. The summed E-state index contributed by atoms with van der Waals surface area (Å²) in [6, 6.07) is 4.49. The molecule has 0 bridgehead atoms. The van der Waals surface area contributed by atoms with Gasteiger partial charge in [-0.05, 0) is 38.0 Å². The highest BCUT2D eigenvalue weighted by Gasteiger charge is 2.03. The molecule has 2 N–H and O–H groups in total. The first-order valence-electron chi connectivity index (χ1n) is 7.23. The van der Waals surface area contributed by atoms with Crippen molar-refractivity contribution in [3.05, 3.63) is 23.9 Å². The first-order chi connectivity index (χ1) is 9.56. The molecule has 0 radical (unpaired) electrons. The zero-order valence-corrected chi connectivity index (χ0v) is 16.0. The van der Waals surface area contributed by atoms with Crippen molar-refractivity contribution in [2.45, 2.75) is 39.8 Å². The summed E-state index contributed by atoms with van der Waals surface area (Å²) in [5.41, 5.74) is 1.16. The number of aromatic nitrogens is 1. The summed E-state index contributed by atoms with van der Waals surface area (Å²) in [5, 5.41) is 6.66. The highest BCUT2D eigenvalue weighted by atomic mass is 127. The highest BCUT2D eigenvalue weighted by Crippen LogP contribution is 2.10. The van der Waals surface area contributed by atoms with Crippen LogP contribution in [0.1, 0.15) is 32.8 Å². The Morgan fingerprint density at radius 1 is 1.38 bits per heavy atom. The molecular formula is C15H28IN5. The van der Waals surface area contributed by atoms with E-state index >= 15 is 0 Å². The number of halogens is 1. The SMILES string of the molecule is CCNC(=NCc1ccnc(N(C)C)c1)NC(C)CC.I. The Bertz CT molecular complexity index is 434. The fraction of sp³-hybridized carbons (Fsp3) is 0.600. The van der Waals surface area contributed by atoms with Crippen molar-refractivity contribution >= 4 is 35.8 Å². The largest absolute Gasteiger partial charge is 0.363 e. The van der Waals surface area contributed by atoms with Gasteiger partial charge in [0.25, 0.3) is 0 Å². The van der Waals surface area contributed by atoms with E-state index in [1.807, 2.05) is 31.3 Å². The van der Waals surface area contributed by atoms with Crippen LogP contribution in [0.15, 0.2) is 23.3 Å². The van der Waals surface area contributed by atoms with Gasteiger partial charge in [-0.25, -0.2) is 9.98 Å². The summed E-state index contributed by atoms with van der Waals surface area (Å²) in [6.45, 7) is 7.90. The Balaban J connectivity index is 0.00000400. The normalized spacial score (nSPS) is 12.3. The number of pyridine rings is 1. The highest BCUT2D eigenvalue weighted by molar-refractivity contribution is 14.0. The van der Waals surface area contributed by atoms with E-state index in [0.29, 0.717) is 12.6 Å². The molecule has 0 aliphatic heterocycles. The van der Waals surface area contributed by atoms with E-state index in [4.69, 9.17) is 0 Å². The molecule has 0 aromatic carbocycles. The molecule has 1 aromatic rings. The van der Waals surface area contributed by atoms with Gasteiger partial charge in [0.05, 0.1) is 6.54 Å². The van der Waals surface area contributed by atoms with E-state index in [1.165, 1.54) is 0 Å². The molecular weight excluding hydrogens is 377 g/mol. The lowest BCUT2D eigenvalue weighted by Crippen LogP contribution is -2.41. The standard InChI is InChI=1S/C15H27N5.HI/c1-6-12(3)19-15(16-7-2)18-11-13-8-9-17-14(10-13)20(4)5;/h8-10,12H,6-7,11H2,1-5H3,(H2,16,18,19);1H. The minimum Gasteiger partial charge on any atom is -0.363 e. The van der Waals surface area contributed by atoms with E-state index in [-0.39, 0.29) is 24.0 Å². The van der Waals surface area contributed by atoms with Crippen molar-refractivity contribution in [1.29, 1.82) is 0 Å². The van der Waals surface area contributed by atoms with Crippen molar-refractivity contribution in [2.24, 2.45) is 4.99 Å². The van der Waals surface area contributed by atoms with Crippen molar-refractivity contribution in [3.63, 3.8) is 0 Å². The van der Waals surface area contributed by atoms with Crippen LogP contribution in [0.4, 0.5) is 5.82 Å². The maximum atomic E-state index is 4.62. The molecule has 1 aromatic heterocycles. The number of nitrogens with one attached hydrogen (secondary N) is 2. The molecule has 5 nitrogen and oxygen atoms in total. The minimum atomic E-state index is 0. The first kappa shape index (κ1) is 19.9. The van der Waals surface area contributed by atoms with Gasteiger partial charge in [-0.2, -0.15) is 0 Å². The van der Waals surface area contributed by atoms with Crippen LogP contribution in [0.5, 0.6) is 0 Å². The molecule has 0 saturated carbocycles. The quantitative estimate of drug-likeness (QED) is 0.434. The monoisotopic (exact) mass is 405 g/mol. The Kier molecular flexibility index (Phi) is 10.1. The Hall–Kier alpha value is -1.05. The van der Waals surface area contributed by atoms with E-state index in [1.54, 1.807) is 0 Å². The van der Waals surface area contributed by atoms with Crippen LogP contribution in [0.3, 0.4) is 0 Å². The molecule has 1 unspecified atom stereocenters. The zero-order chi connectivity index (χ0) is 15.0. The summed E-state index contributed by atoms with van der Waals surface area (Å²) in [7, 11) is 3.98. The molecule has 6 heteroatoms. The van der Waals surface area contributed by atoms with Gasteiger partial charge in [-0.1, -0.05) is 6.92 Å². The van der Waals surface area contributed by atoms with E-state index in [0.717, 1.165) is 30.3 Å². The first-order valence-corrected chi connectivity index (χ1v) is 7.23. The van der Waals surface area contributed by atoms with E-state index < -0.39 is 0 Å². The van der Waals surface area contributed by atoms with Crippen molar-refractivity contribution < 1.29 is 0 Å². The molecule has 120 valence electrons. The van der Waals surface area contributed by atoms with Crippen LogP contribution >= 0.6 is 24.0 Å². The maximum absolute atomic E-state index is 4.62. The zero-order valence-electron chi connectivity index (χ0n) is 13.7. The Morgan fingerprint density at radius 3 is 2.67 bits per heavy atom. The van der Waals surface area contributed by atoms with E-state index in [9.17, 15) is 0 Å². The predicted molar refractivity (Wildman–Crippen MR) is 102 cm³/mol. The van der Waals surface area contributed by atoms with E-state index in [2.05, 4.69) is 47.4 Å². The number of guanidine groups is 1. The average molecular weight is 405 g/mol. The lowest BCUT2D eigenvalue weighted by atomic mass is 10.2. The van der Waals surface area contributed by atoms with Gasteiger partial charge in [-0.3, -0.25) is 0 Å². The number of hydrogen-bond acceptors (Lipinski definition) is 3. The van der Waals surface area contributed by atoms with Crippen LogP contribution in [0.2, 0.25) is 0 Å². The second-order valence-corrected chi connectivity index (χ2v) is 5.07. The molecule has 0 fully saturated rings. The average Bonchev–Trinajstić information content (AvgIpc) is 2.45. The van der Waals surface area contributed by atoms with Gasteiger partial charge in [0.2, 0.25) is 0 Å². The van der Waals surface area contributed by atoms with Crippen LogP contribution < -0.4 is 15.5 Å². The third kappa shape index (κ3) is 7.50. The molecule has 0 aliphatic rings. The maximum Gasteiger partial charge on any atom is 0.191 e. The Morgan fingerprint density at radius 2 is 2.10 bits per heavy atom. The van der Waals surface area contributed by atoms with Gasteiger partial charge >= 0.3 is 0 Å². The topological polar surface area (TPSA) is 52.6 Å². The van der Waals surface area contributed by atoms with Crippen LogP contribution in [0, 0.1) is 0 Å². The predicted octanol–water partition coefficient (Wildman–Crippen LogP) is 2.62. The molecule has 0 amide bonds. The van der Waals surface area contributed by atoms with Crippen LogP contribution in [0.25, 0.3) is 0 Å². The summed E-state index contributed by atoms with van der Waals surface area (Å²) < 4.78 is 0. The number of hydrogen-bond donors (Lipinski definition) is 2. The van der Waals surface area contributed by atoms with Crippen LogP contribution in [-0.2, 0) is 6.54 Å². The Labute approximate surface area is 145 Å². The van der Waals surface area contributed by atoms with Gasteiger partial charge in [0, 0.05) is 32.9 Å². The molecule has 1 heterocycles. The summed E-state index contributed by atoms with van der Waals surface area (Å²) in [5.74, 6) is 1.82. The second-order valence-electron chi connectivity index (χ2n) is 5.07. The molecule has 0 aliphatic carbocycles. The number of anilines is 1. The number of rotatable bonds is 6. The minimum absolute atomic E-state index is 0. The van der Waals surface area contributed by atoms with Gasteiger partial charge < -0.3 is 15.5 Å². The lowest BCUT2D eigenvalue weighted by molar-refractivity contribution is 0.624. The summed E-state index contributed by atoms with van der Waals surface area (Å²) in [6.07, 6.45) is 2.90. The van der Waals surface area contributed by atoms with Crippen molar-refractivity contribution in [2.75, 3.05) is 25.5 Å². The number of aliphatic imine (C=N–C) groups is 1. The molecule has 0 spiro atoms. The third-order valence-electron chi connectivity index (χ3n) is 3.03. The van der Waals surface area contributed by atoms with Crippen molar-refractivity contribution in [3.8, 4) is 0 Å².